The molecular formula is C21H27BrClN7. The van der Waals surface area contributed by atoms with E-state index in [1.165, 1.54) is 5.56 Å². The van der Waals surface area contributed by atoms with Gasteiger partial charge in [-0.05, 0) is 66.5 Å². The summed E-state index contributed by atoms with van der Waals surface area (Å²) in [7, 11) is 4.21. The number of hydrogen-bond donors (Lipinski definition) is 2. The van der Waals surface area contributed by atoms with Gasteiger partial charge in [-0.1, -0.05) is 23.7 Å². The van der Waals surface area contributed by atoms with E-state index in [9.17, 15) is 0 Å². The van der Waals surface area contributed by atoms with Crippen LogP contribution in [-0.4, -0.2) is 65.3 Å². The van der Waals surface area contributed by atoms with Gasteiger partial charge in [0.2, 0.25) is 0 Å². The normalized spacial score (nSPS) is 16.5. The van der Waals surface area contributed by atoms with E-state index in [1.807, 2.05) is 12.1 Å². The zero-order chi connectivity index (χ0) is 21.1. The molecule has 2 N–H and O–H groups in total. The summed E-state index contributed by atoms with van der Waals surface area (Å²) in [5.74, 6) is 1.50. The molecule has 2 aromatic heterocycles. The fourth-order valence-corrected chi connectivity index (χ4v) is 4.74. The lowest BCUT2D eigenvalue weighted by atomic mass is 9.85. The Morgan fingerprint density at radius 3 is 2.67 bits per heavy atom. The number of nitrogens with one attached hydrogen (secondary N) is 2. The number of likely N-dealkylation sites (N-methyl/N-ethyl adjacent to an activating group) is 1. The molecule has 0 spiro atoms. The number of fused-ring (bicyclic) bond motifs is 1. The van der Waals surface area contributed by atoms with Crippen molar-refractivity contribution in [3.8, 4) is 0 Å². The van der Waals surface area contributed by atoms with Crippen LogP contribution in [-0.2, 0) is 0 Å². The smallest absolute Gasteiger partial charge is 0.161 e. The van der Waals surface area contributed by atoms with Crippen LogP contribution in [0.3, 0.4) is 0 Å². The highest BCUT2D eigenvalue weighted by atomic mass is 79.9. The minimum absolute atomic E-state index is 0.315. The summed E-state index contributed by atoms with van der Waals surface area (Å²) in [6.07, 6.45) is 3.78. The lowest BCUT2D eigenvalue weighted by Crippen LogP contribution is -2.41. The first-order valence-corrected chi connectivity index (χ1v) is 11.4. The summed E-state index contributed by atoms with van der Waals surface area (Å²) in [5.41, 5.74) is 2.07. The van der Waals surface area contributed by atoms with Gasteiger partial charge in [-0.25, -0.2) is 9.97 Å². The Labute approximate surface area is 190 Å². The lowest BCUT2D eigenvalue weighted by Gasteiger charge is -2.37. The average molecular weight is 493 g/mol. The minimum atomic E-state index is 0.315. The van der Waals surface area contributed by atoms with Crippen LogP contribution in [0.5, 0.6) is 0 Å². The zero-order valence-electron chi connectivity index (χ0n) is 17.3. The van der Waals surface area contributed by atoms with Crippen LogP contribution in [0.25, 0.3) is 11.0 Å². The molecule has 1 aliphatic rings. The lowest BCUT2D eigenvalue weighted by molar-refractivity contribution is 0.287. The van der Waals surface area contributed by atoms with Crippen LogP contribution in [0.2, 0.25) is 5.02 Å². The van der Waals surface area contributed by atoms with Crippen molar-refractivity contribution in [2.75, 3.05) is 45.2 Å². The number of benzene rings is 1. The Morgan fingerprint density at radius 2 is 1.97 bits per heavy atom. The topological polar surface area (TPSA) is 73.0 Å². The first kappa shape index (κ1) is 21.5. The van der Waals surface area contributed by atoms with Crippen molar-refractivity contribution in [1.29, 1.82) is 0 Å². The summed E-state index contributed by atoms with van der Waals surface area (Å²) in [6.45, 7) is 3.87. The second kappa shape index (κ2) is 9.60. The standard InChI is InChI=1S/C21H27BrClN7/c1-29(2)12-9-24-18(14-3-5-16(23)6-4-14)15-7-10-30(11-8-15)21-17-19(22)27-28-20(17)25-13-26-21/h3-6,13,15,18,24H,7-12H2,1-2H3,(H,25,26,27,28). The molecule has 160 valence electrons. The minimum Gasteiger partial charge on any atom is -0.356 e. The monoisotopic (exact) mass is 491 g/mol. The SMILES string of the molecule is CN(C)CCNC(c1ccc(Cl)cc1)C1CCN(c2ncnc3[nH]nc(Br)c23)CC1. The molecule has 1 unspecified atom stereocenters. The second-order valence-corrected chi connectivity index (χ2v) is 9.23. The quantitative estimate of drug-likeness (QED) is 0.521. The van der Waals surface area contributed by atoms with Crippen LogP contribution in [0.4, 0.5) is 5.82 Å². The molecule has 0 amide bonds. The predicted molar refractivity (Wildman–Crippen MR) is 125 cm³/mol. The maximum atomic E-state index is 6.13. The third-order valence-corrected chi connectivity index (χ3v) is 6.58. The van der Waals surface area contributed by atoms with Crippen LogP contribution in [0.15, 0.2) is 35.2 Å². The summed E-state index contributed by atoms with van der Waals surface area (Å²) in [6, 6.07) is 8.59. The van der Waals surface area contributed by atoms with E-state index in [1.54, 1.807) is 6.33 Å². The number of hydrogen-bond acceptors (Lipinski definition) is 6. The maximum absolute atomic E-state index is 6.13. The second-order valence-electron chi connectivity index (χ2n) is 8.05. The molecule has 30 heavy (non-hydrogen) atoms. The summed E-state index contributed by atoms with van der Waals surface area (Å²) in [4.78, 5) is 13.4. The molecule has 0 saturated carbocycles. The number of halogens is 2. The van der Waals surface area contributed by atoms with E-state index < -0.39 is 0 Å². The molecule has 1 saturated heterocycles. The number of H-pyrrole nitrogens is 1. The number of aromatic amines is 1. The summed E-state index contributed by atoms with van der Waals surface area (Å²) >= 11 is 9.65. The fraction of sp³-hybridized carbons (Fsp3) is 0.476. The number of aromatic nitrogens is 4. The van der Waals surface area contributed by atoms with Crippen LogP contribution >= 0.6 is 27.5 Å². The third-order valence-electron chi connectivity index (χ3n) is 5.76. The highest BCUT2D eigenvalue weighted by Gasteiger charge is 2.29. The van der Waals surface area contributed by atoms with Crippen molar-refractivity contribution in [3.63, 3.8) is 0 Å². The molecule has 1 aromatic carbocycles. The highest BCUT2D eigenvalue weighted by Crippen LogP contribution is 2.35. The van der Waals surface area contributed by atoms with Crippen LogP contribution in [0, 0.1) is 5.92 Å². The van der Waals surface area contributed by atoms with Crippen molar-refractivity contribution >= 4 is 44.4 Å². The van der Waals surface area contributed by atoms with E-state index in [-0.39, 0.29) is 0 Å². The van der Waals surface area contributed by atoms with Gasteiger partial charge < -0.3 is 15.1 Å². The molecule has 1 fully saturated rings. The molecule has 0 bridgehead atoms. The van der Waals surface area contributed by atoms with E-state index >= 15 is 0 Å². The maximum Gasteiger partial charge on any atom is 0.161 e. The molecular weight excluding hydrogens is 466 g/mol. The van der Waals surface area contributed by atoms with Crippen molar-refractivity contribution in [2.24, 2.45) is 5.92 Å². The summed E-state index contributed by atoms with van der Waals surface area (Å²) in [5, 5.41) is 12.7. The fourth-order valence-electron chi connectivity index (χ4n) is 4.16. The average Bonchev–Trinajstić information content (AvgIpc) is 3.13. The molecule has 3 aromatic rings. The van der Waals surface area contributed by atoms with Crippen molar-refractivity contribution in [1.82, 2.24) is 30.4 Å². The van der Waals surface area contributed by atoms with Gasteiger partial charge in [0.1, 0.15) is 16.7 Å². The molecule has 9 heteroatoms. The Bertz CT molecular complexity index is 967. The van der Waals surface area contributed by atoms with Gasteiger partial charge in [-0.2, -0.15) is 5.10 Å². The van der Waals surface area contributed by atoms with E-state index in [4.69, 9.17) is 11.6 Å². The van der Waals surface area contributed by atoms with Gasteiger partial charge in [0.25, 0.3) is 0 Å². The molecule has 0 aliphatic carbocycles. The van der Waals surface area contributed by atoms with Crippen LogP contribution < -0.4 is 10.2 Å². The van der Waals surface area contributed by atoms with E-state index in [2.05, 4.69) is 77.4 Å². The summed E-state index contributed by atoms with van der Waals surface area (Å²) < 4.78 is 0.764. The molecule has 0 radical (unpaired) electrons. The Morgan fingerprint density at radius 1 is 1.23 bits per heavy atom. The Kier molecular flexibility index (Phi) is 6.87. The Hall–Kier alpha value is -1.74. The van der Waals surface area contributed by atoms with E-state index in [0.717, 1.165) is 65.5 Å². The van der Waals surface area contributed by atoms with Gasteiger partial charge in [0, 0.05) is 37.2 Å². The van der Waals surface area contributed by atoms with Gasteiger partial charge >= 0.3 is 0 Å². The van der Waals surface area contributed by atoms with Gasteiger partial charge in [-0.15, -0.1) is 0 Å². The van der Waals surface area contributed by atoms with E-state index in [0.29, 0.717) is 12.0 Å². The van der Waals surface area contributed by atoms with Crippen LogP contribution in [0.1, 0.15) is 24.4 Å². The molecule has 4 rings (SSSR count). The first-order chi connectivity index (χ1) is 14.5. The number of rotatable bonds is 7. The van der Waals surface area contributed by atoms with Crippen molar-refractivity contribution < 1.29 is 0 Å². The van der Waals surface area contributed by atoms with Gasteiger partial charge in [0.05, 0.1) is 5.39 Å². The third kappa shape index (κ3) is 4.77. The first-order valence-electron chi connectivity index (χ1n) is 10.3. The number of piperidine rings is 1. The molecule has 1 aliphatic heterocycles. The number of nitrogens with zero attached hydrogens (tertiary/aromatic N) is 5. The molecule has 1 atom stereocenters. The Balaban J connectivity index is 1.49. The molecule has 7 nitrogen and oxygen atoms in total. The van der Waals surface area contributed by atoms with Crippen molar-refractivity contribution in [2.45, 2.75) is 18.9 Å². The predicted octanol–water partition coefficient (Wildman–Crippen LogP) is 3.88. The van der Waals surface area contributed by atoms with Gasteiger partial charge in [0.15, 0.2) is 5.65 Å². The zero-order valence-corrected chi connectivity index (χ0v) is 19.6. The van der Waals surface area contributed by atoms with Gasteiger partial charge in [-0.3, -0.25) is 5.10 Å². The number of anilines is 1. The van der Waals surface area contributed by atoms with Crippen molar-refractivity contribution in [3.05, 3.63) is 45.8 Å². The highest BCUT2D eigenvalue weighted by molar-refractivity contribution is 9.10. The largest absolute Gasteiger partial charge is 0.356 e. The molecule has 3 heterocycles.